The average molecular weight is 520 g/mol. The maximum atomic E-state index is 13.6. The molecule has 0 bridgehead atoms. The minimum Gasteiger partial charge on any atom is -0.349 e. The number of halogens is 7. The highest BCUT2D eigenvalue weighted by Gasteiger charge is 2.39. The lowest BCUT2D eigenvalue weighted by Gasteiger charge is -2.42. The van der Waals surface area contributed by atoms with Gasteiger partial charge in [-0.25, -0.2) is 9.82 Å². The quantitative estimate of drug-likeness (QED) is 0.536. The Kier molecular flexibility index (Phi) is 7.55. The second-order valence-corrected chi connectivity index (χ2v) is 8.43. The number of nitrogens with zero attached hydrogens (tertiary/aromatic N) is 2. The molecule has 2 aliphatic rings. The van der Waals surface area contributed by atoms with E-state index in [1.54, 1.807) is 0 Å². The number of hydrogen-bond acceptors (Lipinski definition) is 6. The Bertz CT molecular complexity index is 1040. The highest BCUT2D eigenvalue weighted by atomic mass is 19.4. The lowest BCUT2D eigenvalue weighted by Crippen LogP contribution is -2.51. The zero-order valence-electron chi connectivity index (χ0n) is 18.9. The molecule has 1 fully saturated rings. The Labute approximate surface area is 202 Å². The number of hydrogen-bond donors (Lipinski definition) is 2. The highest BCUT2D eigenvalue weighted by Crippen LogP contribution is 2.39. The van der Waals surface area contributed by atoms with Gasteiger partial charge in [-0.15, -0.1) is 0 Å². The summed E-state index contributed by atoms with van der Waals surface area (Å²) >= 11 is 0. The fraction of sp³-hybridized carbons (Fsp3) is 0.435. The van der Waals surface area contributed by atoms with Gasteiger partial charge in [0.05, 0.1) is 36.2 Å². The Hall–Kier alpha value is -2.74. The van der Waals surface area contributed by atoms with Crippen molar-refractivity contribution in [3.8, 4) is 0 Å². The third-order valence-electron chi connectivity index (χ3n) is 5.92. The molecule has 4 rings (SSSR count). The molecule has 0 spiro atoms. The van der Waals surface area contributed by atoms with Crippen LogP contribution in [0.4, 0.5) is 30.7 Å². The number of ether oxygens (including phenoxy) is 2. The van der Waals surface area contributed by atoms with Gasteiger partial charge in [-0.05, 0) is 48.4 Å². The van der Waals surface area contributed by atoms with Crippen molar-refractivity contribution in [1.29, 1.82) is 0 Å². The first kappa shape index (κ1) is 26.3. The van der Waals surface area contributed by atoms with Crippen molar-refractivity contribution in [1.82, 2.24) is 15.8 Å². The van der Waals surface area contributed by atoms with Gasteiger partial charge in [0.25, 0.3) is 0 Å². The zero-order chi connectivity index (χ0) is 26.1. The summed E-state index contributed by atoms with van der Waals surface area (Å²) in [4.78, 5) is 6.18. The fourth-order valence-corrected chi connectivity index (χ4v) is 4.14. The smallest absolute Gasteiger partial charge is 0.349 e. The SMILES string of the molecule is C[C@@H](O[C@@H]1OCCN(CC2N=CNN2)[C@@H]1c1ccc(F)cc1)c1cc(C(F)(F)F)cc(C(F)(F)F)c1. The summed E-state index contributed by atoms with van der Waals surface area (Å²) in [6.07, 6.45) is -11.0. The summed E-state index contributed by atoms with van der Waals surface area (Å²) in [7, 11) is 0. The van der Waals surface area contributed by atoms with Gasteiger partial charge in [0, 0.05) is 13.1 Å². The summed E-state index contributed by atoms with van der Waals surface area (Å²) < 4.78 is 105. The minimum absolute atomic E-state index is 0.0690. The van der Waals surface area contributed by atoms with Crippen molar-refractivity contribution < 1.29 is 40.2 Å². The van der Waals surface area contributed by atoms with Crippen LogP contribution in [-0.4, -0.2) is 43.4 Å². The standard InChI is InChI=1S/C23H23F7N4O2/c1-13(15-8-16(22(25,26)27)10-17(9-15)23(28,29)30)36-21-20(14-2-4-18(24)5-3-14)34(6-7-35-21)11-19-31-12-32-33-19/h2-5,8-10,12-13,19-21,33H,6-7,11H2,1H3,(H,31,32)/t13-,19?,20-,21+/m1/s1. The molecule has 0 aliphatic carbocycles. The zero-order valence-corrected chi connectivity index (χ0v) is 18.9. The second kappa shape index (κ2) is 10.3. The van der Waals surface area contributed by atoms with Crippen LogP contribution in [0.3, 0.4) is 0 Å². The van der Waals surface area contributed by atoms with Gasteiger partial charge in [0.1, 0.15) is 12.0 Å². The molecular formula is C23H23F7N4O2. The molecular weight excluding hydrogens is 497 g/mol. The van der Waals surface area contributed by atoms with Gasteiger partial charge in [-0.2, -0.15) is 26.3 Å². The van der Waals surface area contributed by atoms with E-state index < -0.39 is 47.7 Å². The number of morpholine rings is 1. The minimum atomic E-state index is -4.98. The average Bonchev–Trinajstić information content (AvgIpc) is 3.32. The molecule has 13 heteroatoms. The van der Waals surface area contributed by atoms with E-state index in [2.05, 4.69) is 15.8 Å². The molecule has 0 saturated carbocycles. The van der Waals surface area contributed by atoms with Crippen molar-refractivity contribution in [2.75, 3.05) is 19.7 Å². The Balaban J connectivity index is 1.64. The predicted molar refractivity (Wildman–Crippen MR) is 115 cm³/mol. The van der Waals surface area contributed by atoms with E-state index in [-0.39, 0.29) is 24.4 Å². The fourth-order valence-electron chi connectivity index (χ4n) is 4.14. The van der Waals surface area contributed by atoms with Crippen molar-refractivity contribution in [2.24, 2.45) is 4.99 Å². The molecule has 196 valence electrons. The number of aliphatic imine (C=N–C) groups is 1. The normalized spacial score (nSPS) is 24.1. The molecule has 2 aromatic carbocycles. The predicted octanol–water partition coefficient (Wildman–Crippen LogP) is 4.80. The van der Waals surface area contributed by atoms with E-state index in [1.165, 1.54) is 37.5 Å². The number of rotatable bonds is 6. The van der Waals surface area contributed by atoms with E-state index in [9.17, 15) is 30.7 Å². The monoisotopic (exact) mass is 520 g/mol. The second-order valence-electron chi connectivity index (χ2n) is 8.43. The van der Waals surface area contributed by atoms with Crippen LogP contribution in [0.1, 0.15) is 41.3 Å². The molecule has 1 unspecified atom stereocenters. The molecule has 0 radical (unpaired) electrons. The first-order valence-electron chi connectivity index (χ1n) is 11.0. The van der Waals surface area contributed by atoms with Crippen LogP contribution in [0.2, 0.25) is 0 Å². The summed E-state index contributed by atoms with van der Waals surface area (Å²) in [6.45, 7) is 2.36. The Morgan fingerprint density at radius 3 is 2.25 bits per heavy atom. The Morgan fingerprint density at radius 1 is 1.06 bits per heavy atom. The molecule has 2 aromatic rings. The molecule has 0 aromatic heterocycles. The van der Waals surface area contributed by atoms with Crippen molar-refractivity contribution in [3.63, 3.8) is 0 Å². The van der Waals surface area contributed by atoms with Crippen molar-refractivity contribution >= 4 is 6.34 Å². The lowest BCUT2D eigenvalue weighted by atomic mass is 10.0. The van der Waals surface area contributed by atoms with E-state index >= 15 is 0 Å². The van der Waals surface area contributed by atoms with Crippen LogP contribution in [0.15, 0.2) is 47.5 Å². The maximum absolute atomic E-state index is 13.6. The van der Waals surface area contributed by atoms with Crippen molar-refractivity contribution in [2.45, 2.75) is 43.9 Å². The third-order valence-corrected chi connectivity index (χ3v) is 5.92. The van der Waals surface area contributed by atoms with Crippen LogP contribution in [0, 0.1) is 5.82 Å². The molecule has 2 heterocycles. The van der Waals surface area contributed by atoms with Crippen LogP contribution < -0.4 is 10.9 Å². The topological polar surface area (TPSA) is 58.1 Å². The van der Waals surface area contributed by atoms with Crippen LogP contribution >= 0.6 is 0 Å². The van der Waals surface area contributed by atoms with E-state index in [1.807, 2.05) is 4.90 Å². The van der Waals surface area contributed by atoms with E-state index in [0.29, 0.717) is 30.8 Å². The largest absolute Gasteiger partial charge is 0.416 e. The number of benzene rings is 2. The lowest BCUT2D eigenvalue weighted by molar-refractivity contribution is -0.230. The van der Waals surface area contributed by atoms with Gasteiger partial charge in [0.15, 0.2) is 6.29 Å². The molecule has 0 amide bonds. The number of alkyl halides is 6. The third kappa shape index (κ3) is 6.14. The molecule has 2 N–H and O–H groups in total. The number of hydrazine groups is 1. The van der Waals surface area contributed by atoms with Gasteiger partial charge in [-0.3, -0.25) is 9.89 Å². The van der Waals surface area contributed by atoms with Gasteiger partial charge in [0.2, 0.25) is 0 Å². The summed E-state index contributed by atoms with van der Waals surface area (Å²) in [5, 5.41) is 0. The van der Waals surface area contributed by atoms with E-state index in [4.69, 9.17) is 9.47 Å². The van der Waals surface area contributed by atoms with E-state index in [0.717, 1.165) is 0 Å². The van der Waals surface area contributed by atoms with Gasteiger partial charge in [-0.1, -0.05) is 12.1 Å². The highest BCUT2D eigenvalue weighted by molar-refractivity contribution is 5.55. The van der Waals surface area contributed by atoms with Crippen LogP contribution in [-0.2, 0) is 21.8 Å². The molecule has 1 saturated heterocycles. The van der Waals surface area contributed by atoms with Crippen LogP contribution in [0.25, 0.3) is 0 Å². The van der Waals surface area contributed by atoms with Crippen molar-refractivity contribution in [3.05, 3.63) is 70.5 Å². The number of nitrogens with one attached hydrogen (secondary N) is 2. The van der Waals surface area contributed by atoms with Gasteiger partial charge >= 0.3 is 12.4 Å². The molecule has 2 aliphatic heterocycles. The molecule has 6 nitrogen and oxygen atoms in total. The Morgan fingerprint density at radius 2 is 1.69 bits per heavy atom. The van der Waals surface area contributed by atoms with Gasteiger partial charge < -0.3 is 14.9 Å². The molecule has 36 heavy (non-hydrogen) atoms. The summed E-state index contributed by atoms with van der Waals surface area (Å²) in [6, 6.07) is 6.26. The summed E-state index contributed by atoms with van der Waals surface area (Å²) in [5.41, 5.74) is 3.14. The maximum Gasteiger partial charge on any atom is 0.416 e. The first-order valence-corrected chi connectivity index (χ1v) is 11.0. The first-order chi connectivity index (χ1) is 16.9. The van der Waals surface area contributed by atoms with Crippen LogP contribution in [0.5, 0.6) is 0 Å². The summed E-state index contributed by atoms with van der Waals surface area (Å²) in [5.74, 6) is -0.470. The molecule has 4 atom stereocenters.